The third-order valence-corrected chi connectivity index (χ3v) is 3.24. The molecule has 1 amide bonds. The third kappa shape index (κ3) is 3.48. The molecule has 1 aliphatic rings. The lowest BCUT2D eigenvalue weighted by molar-refractivity contribution is -0.138. The first kappa shape index (κ1) is 13.0. The fraction of sp³-hybridized carbons (Fsp3) is 0.818. The molecule has 0 spiro atoms. The first-order valence-corrected chi connectivity index (χ1v) is 5.72. The van der Waals surface area contributed by atoms with Gasteiger partial charge in [0.1, 0.15) is 0 Å². The van der Waals surface area contributed by atoms with Crippen LogP contribution in [-0.2, 0) is 9.59 Å². The summed E-state index contributed by atoms with van der Waals surface area (Å²) >= 11 is 0. The van der Waals surface area contributed by atoms with Crippen molar-refractivity contribution in [3.8, 4) is 0 Å². The average molecular weight is 228 g/mol. The van der Waals surface area contributed by atoms with Gasteiger partial charge in [-0.05, 0) is 32.9 Å². The van der Waals surface area contributed by atoms with Crippen molar-refractivity contribution in [2.75, 3.05) is 20.1 Å². The van der Waals surface area contributed by atoms with E-state index >= 15 is 0 Å². The van der Waals surface area contributed by atoms with Gasteiger partial charge in [-0.25, -0.2) is 0 Å². The molecule has 0 aromatic rings. The van der Waals surface area contributed by atoms with Crippen LogP contribution in [0, 0.1) is 5.92 Å². The van der Waals surface area contributed by atoms with Crippen LogP contribution in [-0.4, -0.2) is 48.1 Å². The van der Waals surface area contributed by atoms with Gasteiger partial charge in [-0.3, -0.25) is 9.59 Å². The molecular formula is C11H20N2O3. The predicted molar refractivity (Wildman–Crippen MR) is 60.1 cm³/mol. The lowest BCUT2D eigenvalue weighted by Crippen LogP contribution is -2.44. The molecule has 1 aliphatic heterocycles. The van der Waals surface area contributed by atoms with E-state index in [1.54, 1.807) is 7.05 Å². The van der Waals surface area contributed by atoms with Crippen LogP contribution in [0.1, 0.15) is 26.2 Å². The highest BCUT2D eigenvalue weighted by molar-refractivity contribution is 5.78. The second-order valence-corrected chi connectivity index (χ2v) is 4.37. The molecule has 0 saturated carbocycles. The predicted octanol–water partition coefficient (Wildman–Crippen LogP) is 0.308. The normalized spacial score (nSPS) is 20.4. The molecule has 1 fully saturated rings. The summed E-state index contributed by atoms with van der Waals surface area (Å²) in [6, 6.07) is 0.0585. The fourth-order valence-electron chi connectivity index (χ4n) is 2.19. The quantitative estimate of drug-likeness (QED) is 0.726. The zero-order chi connectivity index (χ0) is 12.1. The molecule has 5 nitrogen and oxygen atoms in total. The van der Waals surface area contributed by atoms with Crippen molar-refractivity contribution in [2.24, 2.45) is 5.92 Å². The summed E-state index contributed by atoms with van der Waals surface area (Å²) in [5, 5.41) is 11.4. The summed E-state index contributed by atoms with van der Waals surface area (Å²) in [6.07, 6.45) is 1.82. The molecule has 16 heavy (non-hydrogen) atoms. The minimum Gasteiger partial charge on any atom is -0.481 e. The van der Waals surface area contributed by atoms with E-state index in [0.29, 0.717) is 0 Å². The monoisotopic (exact) mass is 228 g/mol. The van der Waals surface area contributed by atoms with Crippen molar-refractivity contribution in [1.29, 1.82) is 0 Å². The van der Waals surface area contributed by atoms with Crippen molar-refractivity contribution in [1.82, 2.24) is 10.2 Å². The van der Waals surface area contributed by atoms with Gasteiger partial charge in [0.25, 0.3) is 0 Å². The van der Waals surface area contributed by atoms with E-state index in [9.17, 15) is 9.59 Å². The maximum Gasteiger partial charge on any atom is 0.304 e. The molecule has 1 heterocycles. The number of nitrogens with one attached hydrogen (secondary N) is 1. The van der Waals surface area contributed by atoms with Crippen LogP contribution >= 0.6 is 0 Å². The molecular weight excluding hydrogens is 208 g/mol. The molecule has 1 atom stereocenters. The summed E-state index contributed by atoms with van der Waals surface area (Å²) in [7, 11) is 1.65. The number of carboxylic acid groups (broad SMARTS) is 1. The number of carboxylic acids is 1. The highest BCUT2D eigenvalue weighted by atomic mass is 16.4. The van der Waals surface area contributed by atoms with Gasteiger partial charge in [-0.1, -0.05) is 0 Å². The number of likely N-dealkylation sites (tertiary alicyclic amines) is 1. The topological polar surface area (TPSA) is 69.6 Å². The Labute approximate surface area is 95.8 Å². The van der Waals surface area contributed by atoms with Crippen LogP contribution in [0.15, 0.2) is 0 Å². The molecule has 0 aromatic heterocycles. The Balaban J connectivity index is 2.36. The molecule has 92 valence electrons. The van der Waals surface area contributed by atoms with Gasteiger partial charge in [0, 0.05) is 19.0 Å². The van der Waals surface area contributed by atoms with Crippen molar-refractivity contribution in [3.63, 3.8) is 0 Å². The van der Waals surface area contributed by atoms with E-state index in [2.05, 4.69) is 10.2 Å². The Bertz CT molecular complexity index is 260. The van der Waals surface area contributed by atoms with Gasteiger partial charge in [-0.15, -0.1) is 0 Å². The van der Waals surface area contributed by atoms with Gasteiger partial charge in [0.2, 0.25) is 5.91 Å². The second kappa shape index (κ2) is 5.84. The van der Waals surface area contributed by atoms with Gasteiger partial charge in [0.15, 0.2) is 0 Å². The third-order valence-electron chi connectivity index (χ3n) is 3.24. The molecule has 1 rings (SSSR count). The van der Waals surface area contributed by atoms with Gasteiger partial charge in [0.05, 0.1) is 6.42 Å². The molecule has 0 aliphatic carbocycles. The summed E-state index contributed by atoms with van der Waals surface area (Å²) < 4.78 is 0. The van der Waals surface area contributed by atoms with E-state index in [4.69, 9.17) is 5.11 Å². The molecule has 5 heteroatoms. The minimum absolute atomic E-state index is 0.0585. The summed E-state index contributed by atoms with van der Waals surface area (Å²) in [5.74, 6) is -0.565. The minimum atomic E-state index is -0.763. The number of hydrogen-bond donors (Lipinski definition) is 2. The smallest absolute Gasteiger partial charge is 0.304 e. The van der Waals surface area contributed by atoms with Gasteiger partial charge >= 0.3 is 5.97 Å². The highest BCUT2D eigenvalue weighted by Crippen LogP contribution is 2.19. The first-order valence-electron chi connectivity index (χ1n) is 5.72. The van der Waals surface area contributed by atoms with E-state index < -0.39 is 5.97 Å². The second-order valence-electron chi connectivity index (χ2n) is 4.37. The van der Waals surface area contributed by atoms with Gasteiger partial charge < -0.3 is 15.3 Å². The maximum atomic E-state index is 11.4. The van der Waals surface area contributed by atoms with E-state index in [-0.39, 0.29) is 24.3 Å². The van der Waals surface area contributed by atoms with Crippen molar-refractivity contribution in [3.05, 3.63) is 0 Å². The van der Waals surface area contributed by atoms with Crippen molar-refractivity contribution in [2.45, 2.75) is 32.2 Å². The number of carbonyl (C=O) groups is 2. The van der Waals surface area contributed by atoms with Crippen molar-refractivity contribution >= 4 is 11.9 Å². The Kier molecular flexibility index (Phi) is 4.73. The van der Waals surface area contributed by atoms with Gasteiger partial charge in [-0.2, -0.15) is 0 Å². The Morgan fingerprint density at radius 2 is 2.00 bits per heavy atom. The summed E-state index contributed by atoms with van der Waals surface area (Å²) in [4.78, 5) is 24.1. The summed E-state index contributed by atoms with van der Waals surface area (Å²) in [5.41, 5.74) is 0. The maximum absolute atomic E-state index is 11.4. The van der Waals surface area contributed by atoms with E-state index in [1.165, 1.54) is 0 Å². The van der Waals surface area contributed by atoms with Crippen molar-refractivity contribution < 1.29 is 14.7 Å². The lowest BCUT2D eigenvalue weighted by atomic mass is 9.95. The average Bonchev–Trinajstić information content (AvgIpc) is 2.27. The first-order chi connectivity index (χ1) is 7.54. The number of piperidine rings is 1. The molecule has 1 unspecified atom stereocenters. The highest BCUT2D eigenvalue weighted by Gasteiger charge is 2.27. The number of rotatable bonds is 4. The molecule has 1 saturated heterocycles. The van der Waals surface area contributed by atoms with Crippen LogP contribution in [0.4, 0.5) is 0 Å². The Hall–Kier alpha value is -1.10. The molecule has 0 aromatic carbocycles. The fourth-order valence-corrected chi connectivity index (χ4v) is 2.19. The summed E-state index contributed by atoms with van der Waals surface area (Å²) in [6.45, 7) is 3.55. The zero-order valence-electron chi connectivity index (χ0n) is 9.90. The number of amides is 1. The van der Waals surface area contributed by atoms with Crippen LogP contribution in [0.25, 0.3) is 0 Å². The van der Waals surface area contributed by atoms with E-state index in [0.717, 1.165) is 25.9 Å². The van der Waals surface area contributed by atoms with Crippen LogP contribution < -0.4 is 5.32 Å². The standard InChI is InChI=1S/C11H20N2O3/c1-8(7-10(14)15)13-5-3-9(4-6-13)11(16)12-2/h8-9H,3-7H2,1-2H3,(H,12,16)(H,14,15). The van der Waals surface area contributed by atoms with E-state index in [1.807, 2.05) is 6.92 Å². The SMILES string of the molecule is CNC(=O)C1CCN(C(C)CC(=O)O)CC1. The Morgan fingerprint density at radius 1 is 1.44 bits per heavy atom. The van der Waals surface area contributed by atoms with Crippen LogP contribution in [0.3, 0.4) is 0 Å². The number of carbonyl (C=O) groups excluding carboxylic acids is 1. The largest absolute Gasteiger partial charge is 0.481 e. The molecule has 0 radical (unpaired) electrons. The number of nitrogens with zero attached hydrogens (tertiary/aromatic N) is 1. The van der Waals surface area contributed by atoms with Crippen LogP contribution in [0.2, 0.25) is 0 Å². The molecule has 0 bridgehead atoms. The lowest BCUT2D eigenvalue weighted by Gasteiger charge is -2.34. The number of hydrogen-bond acceptors (Lipinski definition) is 3. The molecule has 2 N–H and O–H groups in total. The number of aliphatic carboxylic acids is 1. The zero-order valence-corrected chi connectivity index (χ0v) is 9.90. The van der Waals surface area contributed by atoms with Crippen LogP contribution in [0.5, 0.6) is 0 Å². The Morgan fingerprint density at radius 3 is 2.44 bits per heavy atom.